The van der Waals surface area contributed by atoms with Gasteiger partial charge in [-0.1, -0.05) is 32.0 Å². The van der Waals surface area contributed by atoms with E-state index in [1.807, 2.05) is 32.0 Å². The molecule has 0 atom stereocenters. The first-order chi connectivity index (χ1) is 12.8. The number of carbonyl (C=O) groups excluding carboxylic acids is 1. The predicted octanol–water partition coefficient (Wildman–Crippen LogP) is 3.35. The molecule has 27 heavy (non-hydrogen) atoms. The van der Waals surface area contributed by atoms with Crippen LogP contribution in [0.15, 0.2) is 47.4 Å². The maximum absolute atomic E-state index is 12.7. The molecule has 2 rings (SSSR count). The zero-order chi connectivity index (χ0) is 20.0. The Hall–Kier alpha value is -2.38. The van der Waals surface area contributed by atoms with E-state index < -0.39 is 10.0 Å². The number of rotatable bonds is 8. The third-order valence-electron chi connectivity index (χ3n) is 4.19. The molecule has 0 aliphatic rings. The SMILES string of the molecule is CCN(CC)S(=O)(=O)c1ccc(C)c(NC(=O)COc2cccc(C)c2)c1. The van der Waals surface area contributed by atoms with Crippen LogP contribution in [0.5, 0.6) is 5.75 Å². The highest BCUT2D eigenvalue weighted by atomic mass is 32.2. The Bertz CT molecular complexity index is 906. The fourth-order valence-corrected chi connectivity index (χ4v) is 4.13. The Balaban J connectivity index is 2.13. The molecule has 0 radical (unpaired) electrons. The van der Waals surface area contributed by atoms with Gasteiger partial charge in [-0.3, -0.25) is 4.79 Å². The van der Waals surface area contributed by atoms with Gasteiger partial charge < -0.3 is 10.1 Å². The Morgan fingerprint density at radius 3 is 2.41 bits per heavy atom. The van der Waals surface area contributed by atoms with Crippen molar-refractivity contribution >= 4 is 21.6 Å². The van der Waals surface area contributed by atoms with E-state index in [1.54, 1.807) is 32.0 Å². The first-order valence-electron chi connectivity index (χ1n) is 8.88. The van der Waals surface area contributed by atoms with Crippen molar-refractivity contribution in [1.82, 2.24) is 4.31 Å². The lowest BCUT2D eigenvalue weighted by Gasteiger charge is -2.19. The van der Waals surface area contributed by atoms with Gasteiger partial charge >= 0.3 is 0 Å². The maximum atomic E-state index is 12.7. The van der Waals surface area contributed by atoms with Crippen LogP contribution in [0.2, 0.25) is 0 Å². The lowest BCUT2D eigenvalue weighted by Crippen LogP contribution is -2.30. The number of ether oxygens (including phenoxy) is 1. The number of anilines is 1. The Labute approximate surface area is 161 Å². The molecule has 2 aromatic carbocycles. The Kier molecular flexibility index (Phi) is 6.98. The highest BCUT2D eigenvalue weighted by molar-refractivity contribution is 7.89. The number of hydrogen-bond acceptors (Lipinski definition) is 4. The highest BCUT2D eigenvalue weighted by Gasteiger charge is 2.22. The van der Waals surface area contributed by atoms with Gasteiger partial charge in [0.1, 0.15) is 5.75 Å². The number of nitrogens with one attached hydrogen (secondary N) is 1. The van der Waals surface area contributed by atoms with Crippen LogP contribution in [0.25, 0.3) is 0 Å². The van der Waals surface area contributed by atoms with Gasteiger partial charge in [0.05, 0.1) is 4.90 Å². The number of carbonyl (C=O) groups is 1. The second-order valence-electron chi connectivity index (χ2n) is 6.22. The smallest absolute Gasteiger partial charge is 0.262 e. The first kappa shape index (κ1) is 20.9. The van der Waals surface area contributed by atoms with Gasteiger partial charge in [0.25, 0.3) is 5.91 Å². The number of nitrogens with zero attached hydrogens (tertiary/aromatic N) is 1. The van der Waals surface area contributed by atoms with Crippen molar-refractivity contribution in [2.24, 2.45) is 0 Å². The normalized spacial score (nSPS) is 11.4. The summed E-state index contributed by atoms with van der Waals surface area (Å²) in [7, 11) is -3.59. The molecule has 0 saturated heterocycles. The maximum Gasteiger partial charge on any atom is 0.262 e. The molecule has 0 bridgehead atoms. The molecule has 0 unspecified atom stereocenters. The van der Waals surface area contributed by atoms with Crippen LogP contribution >= 0.6 is 0 Å². The van der Waals surface area contributed by atoms with Crippen molar-refractivity contribution in [2.45, 2.75) is 32.6 Å². The van der Waals surface area contributed by atoms with E-state index in [1.165, 1.54) is 10.4 Å². The fraction of sp³-hybridized carbons (Fsp3) is 0.350. The molecule has 146 valence electrons. The van der Waals surface area contributed by atoms with Crippen LogP contribution < -0.4 is 10.1 Å². The molecule has 1 amide bonds. The van der Waals surface area contributed by atoms with E-state index in [0.717, 1.165) is 11.1 Å². The third kappa shape index (κ3) is 5.30. The Morgan fingerprint density at radius 1 is 1.07 bits per heavy atom. The van der Waals surface area contributed by atoms with Gasteiger partial charge in [-0.25, -0.2) is 8.42 Å². The summed E-state index contributed by atoms with van der Waals surface area (Å²) in [5, 5.41) is 2.74. The number of benzene rings is 2. The molecule has 6 nitrogen and oxygen atoms in total. The summed E-state index contributed by atoms with van der Waals surface area (Å²) in [4.78, 5) is 12.4. The summed E-state index contributed by atoms with van der Waals surface area (Å²) in [6, 6.07) is 12.2. The Morgan fingerprint density at radius 2 is 1.78 bits per heavy atom. The molecule has 0 aliphatic heterocycles. The molecule has 0 aromatic heterocycles. The summed E-state index contributed by atoms with van der Waals surface area (Å²) in [6.45, 7) is 7.96. The zero-order valence-electron chi connectivity index (χ0n) is 16.2. The second-order valence-corrected chi connectivity index (χ2v) is 8.16. The van der Waals surface area contributed by atoms with Crippen LogP contribution in [0.4, 0.5) is 5.69 Å². The zero-order valence-corrected chi connectivity index (χ0v) is 17.0. The van der Waals surface area contributed by atoms with Crippen LogP contribution in [-0.2, 0) is 14.8 Å². The van der Waals surface area contributed by atoms with E-state index in [4.69, 9.17) is 4.74 Å². The van der Waals surface area contributed by atoms with Crippen LogP contribution in [0, 0.1) is 13.8 Å². The van der Waals surface area contributed by atoms with E-state index in [0.29, 0.717) is 24.5 Å². The van der Waals surface area contributed by atoms with Crippen LogP contribution in [0.1, 0.15) is 25.0 Å². The van der Waals surface area contributed by atoms with Crippen molar-refractivity contribution in [2.75, 3.05) is 25.0 Å². The summed E-state index contributed by atoms with van der Waals surface area (Å²) < 4.78 is 32.2. The highest BCUT2D eigenvalue weighted by Crippen LogP contribution is 2.23. The third-order valence-corrected chi connectivity index (χ3v) is 6.23. The van der Waals surface area contributed by atoms with Crippen molar-refractivity contribution in [3.05, 3.63) is 53.6 Å². The van der Waals surface area contributed by atoms with E-state index in [2.05, 4.69) is 5.32 Å². The van der Waals surface area contributed by atoms with Crippen molar-refractivity contribution in [3.63, 3.8) is 0 Å². The molecule has 0 saturated carbocycles. The molecule has 1 N–H and O–H groups in total. The summed E-state index contributed by atoms with van der Waals surface area (Å²) in [6.07, 6.45) is 0. The van der Waals surface area contributed by atoms with E-state index >= 15 is 0 Å². The number of amides is 1. The molecule has 2 aromatic rings. The van der Waals surface area contributed by atoms with Crippen LogP contribution in [-0.4, -0.2) is 38.3 Å². The molecule has 0 spiro atoms. The fourth-order valence-electron chi connectivity index (χ4n) is 2.65. The largest absolute Gasteiger partial charge is 0.484 e. The minimum atomic E-state index is -3.59. The summed E-state index contributed by atoms with van der Waals surface area (Å²) in [5.41, 5.74) is 2.27. The summed E-state index contributed by atoms with van der Waals surface area (Å²) >= 11 is 0. The van der Waals surface area contributed by atoms with E-state index in [9.17, 15) is 13.2 Å². The number of aryl methyl sites for hydroxylation is 2. The molecule has 7 heteroatoms. The van der Waals surface area contributed by atoms with Crippen molar-refractivity contribution in [3.8, 4) is 5.75 Å². The van der Waals surface area contributed by atoms with Gasteiger partial charge in [-0.05, 0) is 49.2 Å². The average Bonchev–Trinajstić information content (AvgIpc) is 2.62. The van der Waals surface area contributed by atoms with Crippen molar-refractivity contribution < 1.29 is 17.9 Å². The molecular formula is C20H26N2O4S. The van der Waals surface area contributed by atoms with Gasteiger partial charge in [0.15, 0.2) is 6.61 Å². The summed E-state index contributed by atoms with van der Waals surface area (Å²) in [5.74, 6) is 0.261. The monoisotopic (exact) mass is 390 g/mol. The van der Waals surface area contributed by atoms with Gasteiger partial charge in [0, 0.05) is 18.8 Å². The molecule has 0 heterocycles. The average molecular weight is 391 g/mol. The number of hydrogen-bond donors (Lipinski definition) is 1. The van der Waals surface area contributed by atoms with Crippen molar-refractivity contribution in [1.29, 1.82) is 0 Å². The standard InChI is InChI=1S/C20H26N2O4S/c1-5-22(6-2)27(24,25)18-11-10-16(4)19(13-18)21-20(23)14-26-17-9-7-8-15(3)12-17/h7-13H,5-6,14H2,1-4H3,(H,21,23). The lowest BCUT2D eigenvalue weighted by molar-refractivity contribution is -0.118. The number of sulfonamides is 1. The first-order valence-corrected chi connectivity index (χ1v) is 10.3. The lowest BCUT2D eigenvalue weighted by atomic mass is 10.2. The second kappa shape index (κ2) is 9.01. The minimum absolute atomic E-state index is 0.157. The van der Waals surface area contributed by atoms with Gasteiger partial charge in [-0.2, -0.15) is 4.31 Å². The topological polar surface area (TPSA) is 75.7 Å². The molecule has 0 aliphatic carbocycles. The predicted molar refractivity (Wildman–Crippen MR) is 107 cm³/mol. The molecule has 0 fully saturated rings. The van der Waals surface area contributed by atoms with Gasteiger partial charge in [-0.15, -0.1) is 0 Å². The van der Waals surface area contributed by atoms with Gasteiger partial charge in [0.2, 0.25) is 10.0 Å². The van der Waals surface area contributed by atoms with Crippen LogP contribution in [0.3, 0.4) is 0 Å². The minimum Gasteiger partial charge on any atom is -0.484 e. The molecular weight excluding hydrogens is 364 g/mol. The quantitative estimate of drug-likeness (QED) is 0.750. The van der Waals surface area contributed by atoms with E-state index in [-0.39, 0.29) is 17.4 Å².